The normalized spacial score (nSPS) is 17.9. The first-order valence-electron chi connectivity index (χ1n) is 5.08. The van der Waals surface area contributed by atoms with Crippen molar-refractivity contribution in [2.45, 2.75) is 6.04 Å². The summed E-state index contributed by atoms with van der Waals surface area (Å²) in [5, 5.41) is 19.5. The molecule has 1 fully saturated rings. The Kier molecular flexibility index (Phi) is 4.27. The molecule has 1 aliphatic rings. The number of urea groups is 1. The summed E-state index contributed by atoms with van der Waals surface area (Å²) in [6.07, 6.45) is 0. The van der Waals surface area contributed by atoms with Crippen molar-refractivity contribution < 1.29 is 24.6 Å². The molecule has 0 radical (unpaired) electrons. The molecule has 1 rings (SSSR count). The summed E-state index contributed by atoms with van der Waals surface area (Å²) in [6, 6.07) is -2.01. The molecule has 1 heterocycles. The van der Waals surface area contributed by atoms with Crippen LogP contribution >= 0.6 is 0 Å². The average Bonchev–Trinajstić information content (AvgIpc) is 2.28. The van der Waals surface area contributed by atoms with Crippen LogP contribution in [-0.4, -0.2) is 77.3 Å². The Morgan fingerprint density at radius 1 is 1.47 bits per heavy atom. The van der Waals surface area contributed by atoms with Crippen LogP contribution in [0.1, 0.15) is 0 Å². The molecule has 0 aromatic heterocycles. The standard InChI is InChI=1S/C9H15N3O5/c1-11-2-3-12(4-7(11)14)9(17)10-6(5-13)8(15)16/h6,13H,2-5H2,1H3,(H,10,17)(H,15,16). The fourth-order valence-electron chi connectivity index (χ4n) is 1.36. The van der Waals surface area contributed by atoms with Crippen LogP contribution in [0.25, 0.3) is 0 Å². The molecule has 0 saturated carbocycles. The zero-order chi connectivity index (χ0) is 13.0. The van der Waals surface area contributed by atoms with E-state index in [2.05, 4.69) is 5.32 Å². The smallest absolute Gasteiger partial charge is 0.328 e. The van der Waals surface area contributed by atoms with E-state index >= 15 is 0 Å². The lowest BCUT2D eigenvalue weighted by Crippen LogP contribution is -2.56. The fourth-order valence-corrected chi connectivity index (χ4v) is 1.36. The number of nitrogens with zero attached hydrogens (tertiary/aromatic N) is 2. The van der Waals surface area contributed by atoms with Gasteiger partial charge >= 0.3 is 12.0 Å². The predicted molar refractivity (Wildman–Crippen MR) is 56.3 cm³/mol. The van der Waals surface area contributed by atoms with Crippen LogP contribution in [0.15, 0.2) is 0 Å². The van der Waals surface area contributed by atoms with E-state index in [9.17, 15) is 14.4 Å². The highest BCUT2D eigenvalue weighted by atomic mass is 16.4. The van der Waals surface area contributed by atoms with Gasteiger partial charge in [-0.3, -0.25) is 4.79 Å². The number of carbonyl (C=O) groups excluding carboxylic acids is 2. The number of carboxylic acid groups (broad SMARTS) is 1. The second-order valence-electron chi connectivity index (χ2n) is 3.76. The Bertz CT molecular complexity index is 333. The third-order valence-corrected chi connectivity index (χ3v) is 2.52. The molecular weight excluding hydrogens is 230 g/mol. The van der Waals surface area contributed by atoms with Gasteiger partial charge in [-0.2, -0.15) is 0 Å². The van der Waals surface area contributed by atoms with Crippen molar-refractivity contribution in [3.8, 4) is 0 Å². The minimum absolute atomic E-state index is 0.0832. The van der Waals surface area contributed by atoms with Crippen LogP contribution in [0, 0.1) is 0 Å². The van der Waals surface area contributed by atoms with Gasteiger partial charge in [-0.1, -0.05) is 0 Å². The first kappa shape index (κ1) is 13.2. The van der Waals surface area contributed by atoms with Crippen molar-refractivity contribution in [1.29, 1.82) is 0 Å². The van der Waals surface area contributed by atoms with Gasteiger partial charge in [0, 0.05) is 20.1 Å². The Morgan fingerprint density at radius 3 is 2.59 bits per heavy atom. The topological polar surface area (TPSA) is 110 Å². The highest BCUT2D eigenvalue weighted by Gasteiger charge is 2.27. The summed E-state index contributed by atoms with van der Waals surface area (Å²) < 4.78 is 0. The number of nitrogens with one attached hydrogen (secondary N) is 1. The first-order chi connectivity index (χ1) is 7.95. The number of piperazine rings is 1. The highest BCUT2D eigenvalue weighted by molar-refractivity contribution is 5.87. The number of hydrogen-bond donors (Lipinski definition) is 3. The van der Waals surface area contributed by atoms with E-state index in [1.165, 1.54) is 9.80 Å². The fraction of sp³-hybridized carbons (Fsp3) is 0.667. The van der Waals surface area contributed by atoms with Crippen molar-refractivity contribution in [1.82, 2.24) is 15.1 Å². The van der Waals surface area contributed by atoms with Gasteiger partial charge in [0.1, 0.15) is 6.54 Å². The Labute approximate surface area is 97.8 Å². The Balaban J connectivity index is 2.53. The number of aliphatic hydroxyl groups excluding tert-OH is 1. The van der Waals surface area contributed by atoms with Crippen LogP contribution in [0.2, 0.25) is 0 Å². The van der Waals surface area contributed by atoms with Crippen LogP contribution in [0.3, 0.4) is 0 Å². The molecule has 8 nitrogen and oxygen atoms in total. The summed E-state index contributed by atoms with van der Waals surface area (Å²) in [6.45, 7) is -0.0299. The maximum Gasteiger partial charge on any atom is 0.328 e. The molecule has 0 bridgehead atoms. The monoisotopic (exact) mass is 245 g/mol. The van der Waals surface area contributed by atoms with Crippen LogP contribution in [0.4, 0.5) is 4.79 Å². The van der Waals surface area contributed by atoms with Gasteiger partial charge in [0.05, 0.1) is 6.61 Å². The molecule has 8 heteroatoms. The van der Waals surface area contributed by atoms with E-state index < -0.39 is 24.6 Å². The molecule has 1 aliphatic heterocycles. The highest BCUT2D eigenvalue weighted by Crippen LogP contribution is 2.01. The molecule has 3 N–H and O–H groups in total. The minimum Gasteiger partial charge on any atom is -0.480 e. The van der Waals surface area contributed by atoms with Crippen molar-refractivity contribution in [2.24, 2.45) is 0 Å². The molecule has 3 amide bonds. The lowest BCUT2D eigenvalue weighted by Gasteiger charge is -2.32. The number of rotatable bonds is 3. The number of hydrogen-bond acceptors (Lipinski definition) is 4. The summed E-state index contributed by atoms with van der Waals surface area (Å²) >= 11 is 0. The lowest BCUT2D eigenvalue weighted by molar-refractivity contribution is -0.140. The van der Waals surface area contributed by atoms with E-state index in [1.54, 1.807) is 7.05 Å². The maximum atomic E-state index is 11.6. The van der Waals surface area contributed by atoms with Gasteiger partial charge in [-0.15, -0.1) is 0 Å². The van der Waals surface area contributed by atoms with Crippen molar-refractivity contribution >= 4 is 17.9 Å². The van der Waals surface area contributed by atoms with E-state index in [1.807, 2.05) is 0 Å². The average molecular weight is 245 g/mol. The van der Waals surface area contributed by atoms with E-state index in [0.717, 1.165) is 0 Å². The number of aliphatic hydroxyl groups is 1. The lowest BCUT2D eigenvalue weighted by atomic mass is 10.3. The molecule has 0 aromatic rings. The number of amides is 3. The number of aliphatic carboxylic acids is 1. The summed E-state index contributed by atoms with van der Waals surface area (Å²) in [5.74, 6) is -1.52. The number of carbonyl (C=O) groups is 3. The Hall–Kier alpha value is -1.83. The molecule has 1 unspecified atom stereocenters. The molecule has 17 heavy (non-hydrogen) atoms. The van der Waals surface area contributed by atoms with Gasteiger partial charge in [0.25, 0.3) is 0 Å². The SMILES string of the molecule is CN1CCN(C(=O)NC(CO)C(=O)O)CC1=O. The quantitative estimate of drug-likeness (QED) is 0.528. The molecule has 0 aromatic carbocycles. The van der Waals surface area contributed by atoms with E-state index in [4.69, 9.17) is 10.2 Å². The molecular formula is C9H15N3O5. The van der Waals surface area contributed by atoms with Crippen LogP contribution in [-0.2, 0) is 9.59 Å². The molecule has 0 spiro atoms. The van der Waals surface area contributed by atoms with Gasteiger partial charge in [0.15, 0.2) is 6.04 Å². The first-order valence-corrected chi connectivity index (χ1v) is 5.08. The summed E-state index contributed by atoms with van der Waals surface area (Å²) in [7, 11) is 1.63. The molecule has 1 saturated heterocycles. The van der Waals surface area contributed by atoms with Crippen LogP contribution < -0.4 is 5.32 Å². The van der Waals surface area contributed by atoms with Crippen LogP contribution in [0.5, 0.6) is 0 Å². The molecule has 1 atom stereocenters. The second kappa shape index (κ2) is 5.48. The van der Waals surface area contributed by atoms with Crippen molar-refractivity contribution in [3.63, 3.8) is 0 Å². The minimum atomic E-state index is -1.35. The predicted octanol–water partition coefficient (Wildman–Crippen LogP) is -2.08. The Morgan fingerprint density at radius 2 is 2.12 bits per heavy atom. The van der Waals surface area contributed by atoms with E-state index in [-0.39, 0.29) is 12.5 Å². The van der Waals surface area contributed by atoms with Gasteiger partial charge in [-0.05, 0) is 0 Å². The third-order valence-electron chi connectivity index (χ3n) is 2.52. The molecule has 0 aliphatic carbocycles. The molecule has 96 valence electrons. The summed E-state index contributed by atoms with van der Waals surface area (Å²) in [5.41, 5.74) is 0. The number of carboxylic acids is 1. The number of likely N-dealkylation sites (N-methyl/N-ethyl adjacent to an activating group) is 1. The van der Waals surface area contributed by atoms with Gasteiger partial charge in [0.2, 0.25) is 5.91 Å². The summed E-state index contributed by atoms with van der Waals surface area (Å²) in [4.78, 5) is 36.2. The second-order valence-corrected chi connectivity index (χ2v) is 3.76. The van der Waals surface area contributed by atoms with E-state index in [0.29, 0.717) is 13.1 Å². The van der Waals surface area contributed by atoms with Crippen molar-refractivity contribution in [3.05, 3.63) is 0 Å². The van der Waals surface area contributed by atoms with Gasteiger partial charge < -0.3 is 25.3 Å². The largest absolute Gasteiger partial charge is 0.480 e. The van der Waals surface area contributed by atoms with Crippen molar-refractivity contribution in [2.75, 3.05) is 33.3 Å². The maximum absolute atomic E-state index is 11.6. The zero-order valence-corrected chi connectivity index (χ0v) is 9.42. The third kappa shape index (κ3) is 3.31. The van der Waals surface area contributed by atoms with Gasteiger partial charge in [-0.25, -0.2) is 9.59 Å². The zero-order valence-electron chi connectivity index (χ0n) is 9.42.